The summed E-state index contributed by atoms with van der Waals surface area (Å²) in [5.74, 6) is -0.715. The van der Waals surface area contributed by atoms with Crippen molar-refractivity contribution in [3.63, 3.8) is 0 Å². The molecule has 100 valence electrons. The van der Waals surface area contributed by atoms with Crippen LogP contribution in [0.3, 0.4) is 0 Å². The second-order valence-electron chi connectivity index (χ2n) is 5.52. The van der Waals surface area contributed by atoms with E-state index in [-0.39, 0.29) is 11.8 Å². The lowest BCUT2D eigenvalue weighted by Gasteiger charge is -2.02. The van der Waals surface area contributed by atoms with Crippen LogP contribution in [0.2, 0.25) is 0 Å². The van der Waals surface area contributed by atoms with Gasteiger partial charge in [0.25, 0.3) is 0 Å². The molecule has 2 atom stereocenters. The number of carbonyl (C=O) groups is 1. The Balaban J connectivity index is 1.90. The molecule has 4 rings (SSSR count). The number of carboxylic acids is 1. The summed E-state index contributed by atoms with van der Waals surface area (Å²) in [7, 11) is 2.04. The Morgan fingerprint density at radius 2 is 2.15 bits per heavy atom. The number of nitrogens with zero attached hydrogens (tertiary/aromatic N) is 2. The molecule has 1 aliphatic rings. The van der Waals surface area contributed by atoms with Gasteiger partial charge in [0.05, 0.1) is 11.4 Å². The molecule has 1 saturated carbocycles. The van der Waals surface area contributed by atoms with Gasteiger partial charge in [0.2, 0.25) is 0 Å². The first kappa shape index (κ1) is 11.5. The Kier molecular flexibility index (Phi) is 2.19. The van der Waals surface area contributed by atoms with Crippen LogP contribution in [0.4, 0.5) is 0 Å². The van der Waals surface area contributed by atoms with Gasteiger partial charge >= 0.3 is 5.97 Å². The molecule has 0 bridgehead atoms. The summed E-state index contributed by atoms with van der Waals surface area (Å²) in [6, 6.07) is 8.28. The Labute approximate surface area is 115 Å². The molecule has 4 nitrogen and oxygen atoms in total. The minimum atomic E-state index is -0.684. The lowest BCUT2D eigenvalue weighted by atomic mass is 10.1. The van der Waals surface area contributed by atoms with Gasteiger partial charge in [-0.15, -0.1) is 0 Å². The van der Waals surface area contributed by atoms with Crippen LogP contribution in [0.15, 0.2) is 36.7 Å². The second kappa shape index (κ2) is 3.82. The van der Waals surface area contributed by atoms with Crippen LogP contribution >= 0.6 is 0 Å². The van der Waals surface area contributed by atoms with E-state index in [1.165, 1.54) is 5.39 Å². The third-order valence-corrected chi connectivity index (χ3v) is 4.37. The predicted molar refractivity (Wildman–Crippen MR) is 76.7 cm³/mol. The predicted octanol–water partition coefficient (Wildman–Crippen LogP) is 2.91. The third-order valence-electron chi connectivity index (χ3n) is 4.37. The van der Waals surface area contributed by atoms with E-state index in [9.17, 15) is 4.79 Å². The molecular weight excluding hydrogens is 252 g/mol. The monoisotopic (exact) mass is 266 g/mol. The summed E-state index contributed by atoms with van der Waals surface area (Å²) in [6.45, 7) is 0. The first-order chi connectivity index (χ1) is 9.66. The molecule has 0 spiro atoms. The topological polar surface area (TPSA) is 55.1 Å². The number of carboxylic acid groups (broad SMARTS) is 1. The minimum Gasteiger partial charge on any atom is -0.481 e. The maximum atomic E-state index is 11.0. The summed E-state index contributed by atoms with van der Waals surface area (Å²) in [4.78, 5) is 15.2. The zero-order valence-electron chi connectivity index (χ0n) is 11.1. The van der Waals surface area contributed by atoms with Crippen molar-refractivity contribution in [2.45, 2.75) is 12.3 Å². The summed E-state index contributed by atoms with van der Waals surface area (Å²) in [5, 5.41) is 11.4. The van der Waals surface area contributed by atoms with Crippen LogP contribution < -0.4 is 0 Å². The lowest BCUT2D eigenvalue weighted by molar-refractivity contribution is -0.138. The number of aryl methyl sites for hydroxylation is 1. The highest BCUT2D eigenvalue weighted by Crippen LogP contribution is 2.48. The van der Waals surface area contributed by atoms with E-state index in [1.54, 1.807) is 6.20 Å². The van der Waals surface area contributed by atoms with Crippen molar-refractivity contribution in [1.29, 1.82) is 0 Å². The summed E-state index contributed by atoms with van der Waals surface area (Å²) in [6.07, 6.45) is 4.43. The maximum Gasteiger partial charge on any atom is 0.307 e. The molecule has 0 amide bonds. The van der Waals surface area contributed by atoms with Crippen LogP contribution in [0.5, 0.6) is 0 Å². The van der Waals surface area contributed by atoms with Crippen molar-refractivity contribution in [3.05, 3.63) is 42.2 Å². The zero-order valence-corrected chi connectivity index (χ0v) is 11.1. The first-order valence-corrected chi connectivity index (χ1v) is 6.71. The Bertz CT molecular complexity index is 850. The van der Waals surface area contributed by atoms with Crippen LogP contribution in [0, 0.1) is 5.92 Å². The molecule has 0 aliphatic heterocycles. The largest absolute Gasteiger partial charge is 0.481 e. The van der Waals surface area contributed by atoms with Crippen LogP contribution in [0.25, 0.3) is 21.8 Å². The van der Waals surface area contributed by atoms with Crippen molar-refractivity contribution in [1.82, 2.24) is 9.55 Å². The van der Waals surface area contributed by atoms with Crippen molar-refractivity contribution in [2.24, 2.45) is 13.0 Å². The Morgan fingerprint density at radius 1 is 1.30 bits per heavy atom. The average molecular weight is 266 g/mol. The van der Waals surface area contributed by atoms with Crippen molar-refractivity contribution in [3.8, 4) is 0 Å². The van der Waals surface area contributed by atoms with E-state index in [0.29, 0.717) is 0 Å². The van der Waals surface area contributed by atoms with Gasteiger partial charge < -0.3 is 9.67 Å². The zero-order chi connectivity index (χ0) is 13.9. The van der Waals surface area contributed by atoms with Crippen LogP contribution in [-0.2, 0) is 11.8 Å². The number of benzene rings is 1. The molecule has 0 radical (unpaired) electrons. The molecule has 3 aromatic rings. The number of aliphatic carboxylic acids is 1. The number of rotatable bonds is 2. The van der Waals surface area contributed by atoms with E-state index >= 15 is 0 Å². The van der Waals surface area contributed by atoms with Gasteiger partial charge in [-0.2, -0.15) is 0 Å². The average Bonchev–Trinajstić information content (AvgIpc) is 3.22. The molecule has 20 heavy (non-hydrogen) atoms. The fourth-order valence-electron chi connectivity index (χ4n) is 3.14. The normalized spacial score (nSPS) is 21.4. The highest BCUT2D eigenvalue weighted by Gasteiger charge is 2.44. The molecular formula is C16H14N2O2. The lowest BCUT2D eigenvalue weighted by Crippen LogP contribution is -1.99. The Hall–Kier alpha value is -2.36. The first-order valence-electron chi connectivity index (χ1n) is 6.71. The number of fused-ring (bicyclic) bond motifs is 3. The molecule has 2 unspecified atom stereocenters. The van der Waals surface area contributed by atoms with Gasteiger partial charge in [0.1, 0.15) is 0 Å². The summed E-state index contributed by atoms with van der Waals surface area (Å²) < 4.78 is 2.15. The standard InChI is InChI=1S/C16H14N2O2/c1-18-14-4-5-17-8-13(14)10-3-2-9(6-15(10)18)11-7-12(11)16(19)20/h2-6,8,11-12H,7H2,1H3,(H,19,20). The molecule has 4 heteroatoms. The fraction of sp³-hybridized carbons (Fsp3) is 0.250. The van der Waals surface area contributed by atoms with E-state index < -0.39 is 5.97 Å². The minimum absolute atomic E-state index is 0.174. The number of hydrogen-bond donors (Lipinski definition) is 1. The van der Waals surface area contributed by atoms with Gasteiger partial charge in [-0.25, -0.2) is 0 Å². The third kappa shape index (κ3) is 1.48. The quantitative estimate of drug-likeness (QED) is 0.776. The van der Waals surface area contributed by atoms with Crippen molar-refractivity contribution >= 4 is 27.8 Å². The highest BCUT2D eigenvalue weighted by atomic mass is 16.4. The molecule has 2 aromatic heterocycles. The summed E-state index contributed by atoms with van der Waals surface area (Å²) >= 11 is 0. The number of aromatic nitrogens is 2. The van der Waals surface area contributed by atoms with Gasteiger partial charge in [-0.3, -0.25) is 9.78 Å². The van der Waals surface area contributed by atoms with Gasteiger partial charge in [0, 0.05) is 35.7 Å². The van der Waals surface area contributed by atoms with E-state index in [2.05, 4.69) is 27.8 Å². The van der Waals surface area contributed by atoms with Crippen LogP contribution in [0.1, 0.15) is 17.9 Å². The maximum absolute atomic E-state index is 11.0. The molecule has 1 aromatic carbocycles. The van der Waals surface area contributed by atoms with Gasteiger partial charge in [0.15, 0.2) is 0 Å². The molecule has 1 fully saturated rings. The smallest absolute Gasteiger partial charge is 0.307 e. The molecule has 1 N–H and O–H groups in total. The highest BCUT2D eigenvalue weighted by molar-refractivity contribution is 6.07. The van der Waals surface area contributed by atoms with Crippen molar-refractivity contribution in [2.75, 3.05) is 0 Å². The van der Waals surface area contributed by atoms with Gasteiger partial charge in [-0.05, 0) is 30.0 Å². The number of hydrogen-bond acceptors (Lipinski definition) is 2. The fourth-order valence-corrected chi connectivity index (χ4v) is 3.14. The van der Waals surface area contributed by atoms with E-state index in [4.69, 9.17) is 5.11 Å². The molecule has 2 heterocycles. The molecule has 1 aliphatic carbocycles. The van der Waals surface area contributed by atoms with Crippen LogP contribution in [-0.4, -0.2) is 20.6 Å². The van der Waals surface area contributed by atoms with Crippen molar-refractivity contribution < 1.29 is 9.90 Å². The summed E-state index contributed by atoms with van der Waals surface area (Å²) in [5.41, 5.74) is 3.42. The van der Waals surface area contributed by atoms with E-state index in [0.717, 1.165) is 28.4 Å². The molecule has 0 saturated heterocycles. The SMILES string of the molecule is Cn1c2ccncc2c2ccc(C3CC3C(=O)O)cc21. The van der Waals surface area contributed by atoms with E-state index in [1.807, 2.05) is 19.3 Å². The second-order valence-corrected chi connectivity index (χ2v) is 5.52. The number of pyridine rings is 1. The van der Waals surface area contributed by atoms with Gasteiger partial charge in [-0.1, -0.05) is 12.1 Å². The Morgan fingerprint density at radius 3 is 2.90 bits per heavy atom.